The van der Waals surface area contributed by atoms with Crippen LogP contribution >= 0.6 is 0 Å². The highest BCUT2D eigenvalue weighted by Crippen LogP contribution is 2.44. The summed E-state index contributed by atoms with van der Waals surface area (Å²) in [5, 5.41) is 18.4. The second kappa shape index (κ2) is 7.93. The summed E-state index contributed by atoms with van der Waals surface area (Å²) >= 11 is 0. The molecule has 0 fully saturated rings. The Morgan fingerprint density at radius 2 is 1.97 bits per heavy atom. The van der Waals surface area contributed by atoms with Gasteiger partial charge in [-0.05, 0) is 44.5 Å². The average molecular weight is 449 g/mol. The molecule has 7 heteroatoms. The van der Waals surface area contributed by atoms with Crippen LogP contribution in [0.2, 0.25) is 0 Å². The molecule has 0 saturated heterocycles. The Labute approximate surface area is 190 Å². The summed E-state index contributed by atoms with van der Waals surface area (Å²) in [5.41, 5.74) is 2.52. The number of hydrogen-bond donors (Lipinski definition) is 4. The molecule has 5 nitrogen and oxygen atoms in total. The van der Waals surface area contributed by atoms with Crippen LogP contribution in [0.25, 0.3) is 22.0 Å². The van der Waals surface area contributed by atoms with Crippen LogP contribution in [0.4, 0.5) is 14.5 Å². The average Bonchev–Trinajstić information content (AvgIpc) is 3.16. The van der Waals surface area contributed by atoms with Crippen LogP contribution in [0.1, 0.15) is 36.7 Å². The van der Waals surface area contributed by atoms with Crippen LogP contribution in [0.3, 0.4) is 0 Å². The number of H-pyrrole nitrogens is 1. The predicted molar refractivity (Wildman–Crippen MR) is 126 cm³/mol. The monoisotopic (exact) mass is 448 g/mol. The number of aryl methyl sites for hydroxylation is 1. The molecule has 0 aliphatic carbocycles. The summed E-state index contributed by atoms with van der Waals surface area (Å²) in [7, 11) is 0. The molecule has 1 aliphatic rings. The highest BCUT2D eigenvalue weighted by atomic mass is 19.1. The summed E-state index contributed by atoms with van der Waals surface area (Å²) in [6.07, 6.45) is 2.54. The van der Waals surface area contributed by atoms with Crippen molar-refractivity contribution in [3.63, 3.8) is 0 Å². The fraction of sp³-hybridized carbons (Fsp3) is 0.269. The normalized spacial score (nSPS) is 19.3. The molecule has 170 valence electrons. The van der Waals surface area contributed by atoms with E-state index in [2.05, 4.69) is 20.6 Å². The Balaban J connectivity index is 1.66. The van der Waals surface area contributed by atoms with Crippen molar-refractivity contribution in [3.8, 4) is 11.1 Å². The number of nitrogens with one attached hydrogen (secondary N) is 3. The van der Waals surface area contributed by atoms with Gasteiger partial charge in [0.15, 0.2) is 0 Å². The lowest BCUT2D eigenvalue weighted by atomic mass is 9.81. The van der Waals surface area contributed by atoms with E-state index in [9.17, 15) is 5.11 Å². The number of benzene rings is 2. The van der Waals surface area contributed by atoms with E-state index in [4.69, 9.17) is 0 Å². The molecular weight excluding hydrogens is 422 g/mol. The number of rotatable bonds is 4. The van der Waals surface area contributed by atoms with Crippen LogP contribution in [0.5, 0.6) is 0 Å². The summed E-state index contributed by atoms with van der Waals surface area (Å²) in [6, 6.07) is 11.5. The fourth-order valence-electron chi connectivity index (χ4n) is 4.72. The van der Waals surface area contributed by atoms with Gasteiger partial charge in [-0.15, -0.1) is 0 Å². The van der Waals surface area contributed by atoms with Gasteiger partial charge in [-0.25, -0.2) is 8.78 Å². The SMILES string of the molecule is Cc1c[nH]c2c(-c3c(F)cc4c(c3F)[C@H](NCc3ccccn3)C(O)C(C)(C)N4)cccc12. The number of pyridine rings is 1. The van der Waals surface area contributed by atoms with E-state index in [0.717, 1.165) is 16.6 Å². The maximum absolute atomic E-state index is 16.2. The maximum atomic E-state index is 16.2. The Bertz CT molecular complexity index is 1330. The maximum Gasteiger partial charge on any atom is 0.140 e. The predicted octanol–water partition coefficient (Wildman–Crippen LogP) is 5.21. The molecule has 3 heterocycles. The Hall–Kier alpha value is -3.29. The molecule has 2 aromatic carbocycles. The van der Waals surface area contributed by atoms with E-state index >= 15 is 8.78 Å². The molecule has 1 unspecified atom stereocenters. The number of hydrogen-bond acceptors (Lipinski definition) is 4. The number of fused-ring (bicyclic) bond motifs is 2. The van der Waals surface area contributed by atoms with Crippen molar-refractivity contribution in [2.45, 2.75) is 45.0 Å². The molecule has 5 rings (SSSR count). The number of halogens is 2. The molecule has 2 atom stereocenters. The quantitative estimate of drug-likeness (QED) is 0.346. The molecule has 1 aliphatic heterocycles. The molecule has 0 spiro atoms. The highest BCUT2D eigenvalue weighted by molar-refractivity contribution is 5.96. The van der Waals surface area contributed by atoms with Gasteiger partial charge < -0.3 is 20.7 Å². The molecule has 4 aromatic rings. The Kier molecular flexibility index (Phi) is 5.18. The van der Waals surface area contributed by atoms with E-state index < -0.39 is 29.3 Å². The first-order valence-electron chi connectivity index (χ1n) is 11.0. The number of anilines is 1. The second-order valence-corrected chi connectivity index (χ2v) is 9.18. The van der Waals surface area contributed by atoms with Crippen LogP contribution < -0.4 is 10.6 Å². The number of aromatic amines is 1. The van der Waals surface area contributed by atoms with Gasteiger partial charge in [0.1, 0.15) is 11.6 Å². The standard InChI is InChI=1S/C26H26F2N4O/c1-14-12-30-23-16(14)8-6-9-17(23)20-18(27)11-19-21(22(20)28)24(25(33)26(2,3)32-19)31-13-15-7-4-5-10-29-15/h4-12,24-25,30-33H,13H2,1-3H3/t24-,25?/m0/s1. The molecule has 33 heavy (non-hydrogen) atoms. The van der Waals surface area contributed by atoms with Gasteiger partial charge in [-0.1, -0.05) is 24.3 Å². The zero-order valence-corrected chi connectivity index (χ0v) is 18.7. The van der Waals surface area contributed by atoms with Crippen molar-refractivity contribution < 1.29 is 13.9 Å². The Morgan fingerprint density at radius 1 is 1.15 bits per heavy atom. The van der Waals surface area contributed by atoms with Crippen molar-refractivity contribution in [1.29, 1.82) is 0 Å². The van der Waals surface area contributed by atoms with Crippen molar-refractivity contribution >= 4 is 16.6 Å². The summed E-state index contributed by atoms with van der Waals surface area (Å²) < 4.78 is 31.6. The highest BCUT2D eigenvalue weighted by Gasteiger charge is 2.43. The third kappa shape index (κ3) is 3.57. The van der Waals surface area contributed by atoms with Gasteiger partial charge in [-0.2, -0.15) is 0 Å². The minimum Gasteiger partial charge on any atom is -0.389 e. The minimum atomic E-state index is -0.968. The first-order chi connectivity index (χ1) is 15.8. The molecule has 0 radical (unpaired) electrons. The fourth-order valence-corrected chi connectivity index (χ4v) is 4.72. The van der Waals surface area contributed by atoms with Gasteiger partial charge in [0.2, 0.25) is 0 Å². The number of para-hydroxylation sites is 1. The van der Waals surface area contributed by atoms with Crippen molar-refractivity contribution in [1.82, 2.24) is 15.3 Å². The van der Waals surface area contributed by atoms with E-state index in [0.29, 0.717) is 23.3 Å². The van der Waals surface area contributed by atoms with Gasteiger partial charge in [0.25, 0.3) is 0 Å². The zero-order valence-electron chi connectivity index (χ0n) is 18.7. The zero-order chi connectivity index (χ0) is 23.3. The topological polar surface area (TPSA) is 73.0 Å². The van der Waals surface area contributed by atoms with E-state index in [1.54, 1.807) is 18.3 Å². The van der Waals surface area contributed by atoms with Crippen molar-refractivity contribution in [3.05, 3.63) is 83.3 Å². The van der Waals surface area contributed by atoms with Crippen molar-refractivity contribution in [2.75, 3.05) is 5.32 Å². The molecular formula is C26H26F2N4O. The van der Waals surface area contributed by atoms with Gasteiger partial charge >= 0.3 is 0 Å². The van der Waals surface area contributed by atoms with E-state index in [1.165, 1.54) is 6.07 Å². The van der Waals surface area contributed by atoms with Crippen molar-refractivity contribution in [2.24, 2.45) is 0 Å². The van der Waals surface area contributed by atoms with E-state index in [1.807, 2.05) is 51.2 Å². The first kappa shape index (κ1) is 21.6. The molecule has 2 aromatic heterocycles. The first-order valence-corrected chi connectivity index (χ1v) is 11.0. The Morgan fingerprint density at radius 3 is 2.73 bits per heavy atom. The summed E-state index contributed by atoms with van der Waals surface area (Å²) in [5.74, 6) is -1.35. The third-order valence-electron chi connectivity index (χ3n) is 6.50. The van der Waals surface area contributed by atoms with Gasteiger partial charge in [0.05, 0.1) is 34.5 Å². The summed E-state index contributed by atoms with van der Waals surface area (Å²) in [6.45, 7) is 5.89. The summed E-state index contributed by atoms with van der Waals surface area (Å²) in [4.78, 5) is 7.45. The smallest absolute Gasteiger partial charge is 0.140 e. The lowest BCUT2D eigenvalue weighted by molar-refractivity contribution is 0.0661. The van der Waals surface area contributed by atoms with Gasteiger partial charge in [-0.3, -0.25) is 4.98 Å². The van der Waals surface area contributed by atoms with E-state index in [-0.39, 0.29) is 11.1 Å². The van der Waals surface area contributed by atoms with Crippen LogP contribution in [-0.4, -0.2) is 26.7 Å². The largest absolute Gasteiger partial charge is 0.389 e. The third-order valence-corrected chi connectivity index (χ3v) is 6.50. The van der Waals surface area contributed by atoms with Gasteiger partial charge in [0, 0.05) is 41.1 Å². The number of aromatic nitrogens is 2. The lowest BCUT2D eigenvalue weighted by Gasteiger charge is -2.44. The number of nitrogens with zero attached hydrogens (tertiary/aromatic N) is 1. The number of aliphatic hydroxyl groups excluding tert-OH is 1. The van der Waals surface area contributed by atoms with Crippen LogP contribution in [0.15, 0.2) is 54.9 Å². The second-order valence-electron chi connectivity index (χ2n) is 9.18. The van der Waals surface area contributed by atoms with Crippen LogP contribution in [-0.2, 0) is 6.54 Å². The lowest BCUT2D eigenvalue weighted by Crippen LogP contribution is -2.54. The molecule has 0 saturated carbocycles. The van der Waals surface area contributed by atoms with Crippen LogP contribution in [0, 0.1) is 18.6 Å². The molecule has 0 bridgehead atoms. The molecule has 4 N–H and O–H groups in total. The minimum absolute atomic E-state index is 0.112. The molecule has 0 amide bonds. The number of aliphatic hydroxyl groups is 1.